The highest BCUT2D eigenvalue weighted by Gasteiger charge is 2.33. The van der Waals surface area contributed by atoms with Crippen LogP contribution in [0.15, 0.2) is 30.6 Å². The molecule has 6 N–H and O–H groups in total. The van der Waals surface area contributed by atoms with Crippen molar-refractivity contribution in [3.05, 3.63) is 36.2 Å². The molecule has 6 nitrogen and oxygen atoms in total. The molecular formula is C11H11F3N6. The van der Waals surface area contributed by atoms with Crippen molar-refractivity contribution in [2.75, 3.05) is 16.5 Å². The van der Waals surface area contributed by atoms with Gasteiger partial charge in [0, 0.05) is 0 Å². The SMILES string of the molecule is NNc1ncnc(Nc2ccccc2C(F)(F)F)c1N. The van der Waals surface area contributed by atoms with Crippen LogP contribution >= 0.6 is 0 Å². The van der Waals surface area contributed by atoms with Crippen LogP contribution in [0.4, 0.5) is 36.2 Å². The van der Waals surface area contributed by atoms with E-state index in [4.69, 9.17) is 11.6 Å². The lowest BCUT2D eigenvalue weighted by Gasteiger charge is -2.15. The highest BCUT2D eigenvalue weighted by atomic mass is 19.4. The van der Waals surface area contributed by atoms with Gasteiger partial charge in [0.25, 0.3) is 0 Å². The normalized spacial score (nSPS) is 11.2. The largest absolute Gasteiger partial charge is 0.418 e. The molecule has 1 heterocycles. The van der Waals surface area contributed by atoms with Crippen molar-refractivity contribution < 1.29 is 13.2 Å². The van der Waals surface area contributed by atoms with Gasteiger partial charge in [-0.3, -0.25) is 0 Å². The van der Waals surface area contributed by atoms with E-state index in [0.29, 0.717) is 0 Å². The van der Waals surface area contributed by atoms with Gasteiger partial charge in [-0.25, -0.2) is 15.8 Å². The number of halogens is 3. The van der Waals surface area contributed by atoms with Gasteiger partial charge in [-0.2, -0.15) is 13.2 Å². The minimum Gasteiger partial charge on any atom is -0.393 e. The Balaban J connectivity index is 2.41. The van der Waals surface area contributed by atoms with Gasteiger partial charge < -0.3 is 16.5 Å². The van der Waals surface area contributed by atoms with E-state index in [-0.39, 0.29) is 23.0 Å². The molecule has 20 heavy (non-hydrogen) atoms. The van der Waals surface area contributed by atoms with Crippen molar-refractivity contribution >= 4 is 23.0 Å². The van der Waals surface area contributed by atoms with E-state index in [1.807, 2.05) is 0 Å². The third-order valence-corrected chi connectivity index (χ3v) is 2.51. The van der Waals surface area contributed by atoms with Crippen LogP contribution in [-0.2, 0) is 6.18 Å². The van der Waals surface area contributed by atoms with E-state index >= 15 is 0 Å². The number of nitrogens with two attached hydrogens (primary N) is 2. The zero-order chi connectivity index (χ0) is 14.8. The van der Waals surface area contributed by atoms with Gasteiger partial charge in [0.2, 0.25) is 0 Å². The van der Waals surface area contributed by atoms with Gasteiger partial charge in [0.1, 0.15) is 12.0 Å². The Morgan fingerprint density at radius 1 is 1.05 bits per heavy atom. The molecule has 9 heteroatoms. The first-order chi connectivity index (χ1) is 9.43. The van der Waals surface area contributed by atoms with Crippen LogP contribution in [0.5, 0.6) is 0 Å². The highest BCUT2D eigenvalue weighted by Crippen LogP contribution is 2.36. The second-order valence-corrected chi connectivity index (χ2v) is 3.80. The second-order valence-electron chi connectivity index (χ2n) is 3.80. The van der Waals surface area contributed by atoms with Crippen molar-refractivity contribution in [1.82, 2.24) is 9.97 Å². The molecular weight excluding hydrogens is 273 g/mol. The maximum Gasteiger partial charge on any atom is 0.418 e. The van der Waals surface area contributed by atoms with Crippen molar-refractivity contribution in [3.8, 4) is 0 Å². The molecule has 0 bridgehead atoms. The fourth-order valence-corrected chi connectivity index (χ4v) is 1.58. The maximum absolute atomic E-state index is 12.9. The summed E-state index contributed by atoms with van der Waals surface area (Å²) in [5.41, 5.74) is 6.96. The van der Waals surface area contributed by atoms with Gasteiger partial charge in [-0.15, -0.1) is 0 Å². The molecule has 0 aliphatic rings. The Kier molecular flexibility index (Phi) is 3.61. The van der Waals surface area contributed by atoms with Gasteiger partial charge in [-0.1, -0.05) is 12.1 Å². The molecule has 0 saturated heterocycles. The third kappa shape index (κ3) is 2.72. The molecule has 0 spiro atoms. The smallest absolute Gasteiger partial charge is 0.393 e. The molecule has 0 amide bonds. The molecule has 2 aromatic rings. The van der Waals surface area contributed by atoms with Crippen molar-refractivity contribution in [3.63, 3.8) is 0 Å². The first-order valence-electron chi connectivity index (χ1n) is 5.44. The van der Waals surface area contributed by atoms with E-state index in [9.17, 15) is 13.2 Å². The van der Waals surface area contributed by atoms with Crippen LogP contribution in [0.2, 0.25) is 0 Å². The summed E-state index contributed by atoms with van der Waals surface area (Å²) in [5.74, 6) is 5.33. The predicted molar refractivity (Wildman–Crippen MR) is 69.0 cm³/mol. The van der Waals surface area contributed by atoms with E-state index in [2.05, 4.69) is 20.7 Å². The summed E-state index contributed by atoms with van der Waals surface area (Å²) >= 11 is 0. The number of rotatable bonds is 3. The molecule has 0 saturated carbocycles. The minimum absolute atomic E-state index is 0.0203. The molecule has 1 aromatic carbocycles. The van der Waals surface area contributed by atoms with Gasteiger partial charge >= 0.3 is 6.18 Å². The van der Waals surface area contributed by atoms with Crippen LogP contribution < -0.4 is 22.3 Å². The third-order valence-electron chi connectivity index (χ3n) is 2.51. The number of hydrogen-bond donors (Lipinski definition) is 4. The van der Waals surface area contributed by atoms with E-state index < -0.39 is 11.7 Å². The number of hydrazine groups is 1. The Bertz CT molecular complexity index is 613. The van der Waals surface area contributed by atoms with Crippen LogP contribution in [0.25, 0.3) is 0 Å². The number of alkyl halides is 3. The maximum atomic E-state index is 12.9. The standard InChI is InChI=1S/C11H11F3N6/c12-11(13,14)6-3-1-2-4-7(6)19-9-8(15)10(20-16)18-5-17-9/h1-5H,15-16H2,(H2,17,18,19,20). The zero-order valence-corrected chi connectivity index (χ0v) is 10.1. The van der Waals surface area contributed by atoms with Gasteiger partial charge in [-0.05, 0) is 12.1 Å². The number of benzene rings is 1. The van der Waals surface area contributed by atoms with Crippen LogP contribution in [-0.4, -0.2) is 9.97 Å². The molecule has 0 radical (unpaired) electrons. The predicted octanol–water partition coefficient (Wildman–Crippen LogP) is 2.11. The molecule has 0 unspecified atom stereocenters. The van der Waals surface area contributed by atoms with E-state index in [1.165, 1.54) is 18.2 Å². The quantitative estimate of drug-likeness (QED) is 0.508. The summed E-state index contributed by atoms with van der Waals surface area (Å²) in [7, 11) is 0. The Hall–Kier alpha value is -2.55. The summed E-state index contributed by atoms with van der Waals surface area (Å²) in [6, 6.07) is 5.00. The number of anilines is 4. The Morgan fingerprint density at radius 3 is 2.35 bits per heavy atom. The minimum atomic E-state index is -4.49. The number of nitrogen functional groups attached to an aromatic ring is 2. The van der Waals surface area contributed by atoms with Crippen molar-refractivity contribution in [1.29, 1.82) is 0 Å². The second kappa shape index (κ2) is 5.21. The monoisotopic (exact) mass is 284 g/mol. The number of para-hydroxylation sites is 1. The van der Waals surface area contributed by atoms with Gasteiger partial charge in [0.15, 0.2) is 11.6 Å². The fourth-order valence-electron chi connectivity index (χ4n) is 1.58. The lowest BCUT2D eigenvalue weighted by Crippen LogP contribution is -2.14. The zero-order valence-electron chi connectivity index (χ0n) is 10.1. The molecule has 0 aliphatic heterocycles. The number of nitrogens with zero attached hydrogens (tertiary/aromatic N) is 2. The topological polar surface area (TPSA) is 102 Å². The summed E-state index contributed by atoms with van der Waals surface area (Å²) in [6.45, 7) is 0. The molecule has 0 fully saturated rings. The lowest BCUT2D eigenvalue weighted by atomic mass is 10.1. The Labute approximate surface area is 112 Å². The first kappa shape index (κ1) is 13.9. The summed E-state index contributed by atoms with van der Waals surface area (Å²) in [4.78, 5) is 7.53. The highest BCUT2D eigenvalue weighted by molar-refractivity contribution is 5.78. The summed E-state index contributed by atoms with van der Waals surface area (Å²) in [5, 5.41) is 2.53. The van der Waals surface area contributed by atoms with Crippen LogP contribution in [0.3, 0.4) is 0 Å². The van der Waals surface area contributed by atoms with Gasteiger partial charge in [0.05, 0.1) is 11.3 Å². The number of hydrogen-bond acceptors (Lipinski definition) is 6. The average molecular weight is 284 g/mol. The number of aromatic nitrogens is 2. The lowest BCUT2D eigenvalue weighted by molar-refractivity contribution is -0.136. The summed E-state index contributed by atoms with van der Waals surface area (Å²) < 4.78 is 38.6. The number of nitrogens with one attached hydrogen (secondary N) is 2. The van der Waals surface area contributed by atoms with E-state index in [1.54, 1.807) is 0 Å². The first-order valence-corrected chi connectivity index (χ1v) is 5.44. The van der Waals surface area contributed by atoms with E-state index in [0.717, 1.165) is 12.4 Å². The van der Waals surface area contributed by atoms with Crippen LogP contribution in [0, 0.1) is 0 Å². The fraction of sp³-hybridized carbons (Fsp3) is 0.0909. The van der Waals surface area contributed by atoms with Crippen LogP contribution in [0.1, 0.15) is 5.56 Å². The average Bonchev–Trinajstić information content (AvgIpc) is 2.40. The molecule has 106 valence electrons. The molecule has 0 aliphatic carbocycles. The molecule has 0 atom stereocenters. The Morgan fingerprint density at radius 2 is 1.70 bits per heavy atom. The van der Waals surface area contributed by atoms with Crippen molar-refractivity contribution in [2.45, 2.75) is 6.18 Å². The molecule has 2 rings (SSSR count). The molecule has 1 aromatic heterocycles. The summed E-state index contributed by atoms with van der Waals surface area (Å²) in [6.07, 6.45) is -3.36. The van der Waals surface area contributed by atoms with Crippen molar-refractivity contribution in [2.24, 2.45) is 5.84 Å².